The van der Waals surface area contributed by atoms with Crippen molar-refractivity contribution in [3.05, 3.63) is 29.6 Å². The van der Waals surface area contributed by atoms with Crippen LogP contribution in [0.5, 0.6) is 5.75 Å². The molecule has 1 rings (SSSR count). The number of ether oxygens (including phenoxy) is 1. The van der Waals surface area contributed by atoms with E-state index in [9.17, 15) is 4.39 Å². The van der Waals surface area contributed by atoms with E-state index in [-0.39, 0.29) is 24.1 Å². The number of halogens is 1. The smallest absolute Gasteiger partial charge is 0.165 e. The van der Waals surface area contributed by atoms with Crippen molar-refractivity contribution in [1.29, 1.82) is 0 Å². The maximum atomic E-state index is 13.1. The lowest BCUT2D eigenvalue weighted by molar-refractivity contribution is 0.272. The fourth-order valence-corrected chi connectivity index (χ4v) is 1.09. The largest absolute Gasteiger partial charge is 0.494 e. The molecule has 0 aliphatic rings. The average molecular weight is 184 g/mol. The van der Waals surface area contributed by atoms with Crippen molar-refractivity contribution in [1.82, 2.24) is 0 Å². The second-order valence-electron chi connectivity index (χ2n) is 2.98. The Kier molecular flexibility index (Phi) is 3.25. The molecule has 0 saturated carbocycles. The molecule has 0 fully saturated rings. The van der Waals surface area contributed by atoms with Gasteiger partial charge in [-0.05, 0) is 17.7 Å². The number of aliphatic hydroxyl groups is 1. The lowest BCUT2D eigenvalue weighted by Crippen LogP contribution is -2.00. The zero-order chi connectivity index (χ0) is 9.84. The van der Waals surface area contributed by atoms with E-state index in [0.29, 0.717) is 0 Å². The van der Waals surface area contributed by atoms with Crippen LogP contribution >= 0.6 is 0 Å². The van der Waals surface area contributed by atoms with Gasteiger partial charge in [0.2, 0.25) is 0 Å². The van der Waals surface area contributed by atoms with Crippen LogP contribution in [0.1, 0.15) is 18.4 Å². The highest BCUT2D eigenvalue weighted by Crippen LogP contribution is 2.22. The van der Waals surface area contributed by atoms with Crippen molar-refractivity contribution in [2.24, 2.45) is 0 Å². The van der Waals surface area contributed by atoms with Crippen LogP contribution in [0.3, 0.4) is 0 Å². The van der Waals surface area contributed by atoms with Gasteiger partial charge in [-0.15, -0.1) is 0 Å². The minimum Gasteiger partial charge on any atom is -0.494 e. The minimum absolute atomic E-state index is 0.0196. The summed E-state index contributed by atoms with van der Waals surface area (Å²) >= 11 is 0. The molecule has 1 atom stereocenters. The SMILES string of the molecule is COc1ccc([C@H](C)CO)cc1F. The summed E-state index contributed by atoms with van der Waals surface area (Å²) in [5, 5.41) is 8.85. The van der Waals surface area contributed by atoms with Crippen LogP contribution < -0.4 is 4.74 Å². The summed E-state index contributed by atoms with van der Waals surface area (Å²) in [5.74, 6) is -0.199. The van der Waals surface area contributed by atoms with Gasteiger partial charge in [0.15, 0.2) is 11.6 Å². The van der Waals surface area contributed by atoms with Crippen molar-refractivity contribution in [3.8, 4) is 5.75 Å². The zero-order valence-electron chi connectivity index (χ0n) is 7.75. The first kappa shape index (κ1) is 9.99. The first-order chi connectivity index (χ1) is 6.19. The second kappa shape index (κ2) is 4.23. The Hall–Kier alpha value is -1.09. The summed E-state index contributed by atoms with van der Waals surface area (Å²) in [4.78, 5) is 0. The first-order valence-corrected chi connectivity index (χ1v) is 4.13. The van der Waals surface area contributed by atoms with Crippen LogP contribution in [0.25, 0.3) is 0 Å². The van der Waals surface area contributed by atoms with Crippen molar-refractivity contribution >= 4 is 0 Å². The van der Waals surface area contributed by atoms with Crippen molar-refractivity contribution in [2.45, 2.75) is 12.8 Å². The third-order valence-electron chi connectivity index (χ3n) is 2.02. The summed E-state index contributed by atoms with van der Waals surface area (Å²) in [5.41, 5.74) is 0.779. The van der Waals surface area contributed by atoms with Crippen LogP contribution in [0.2, 0.25) is 0 Å². The van der Waals surface area contributed by atoms with Crippen molar-refractivity contribution < 1.29 is 14.2 Å². The molecule has 0 bridgehead atoms. The molecule has 0 saturated heterocycles. The Bertz CT molecular complexity index is 286. The predicted octanol–water partition coefficient (Wildman–Crippen LogP) is 1.93. The second-order valence-corrected chi connectivity index (χ2v) is 2.98. The van der Waals surface area contributed by atoms with Gasteiger partial charge in [-0.25, -0.2) is 4.39 Å². The highest BCUT2D eigenvalue weighted by atomic mass is 19.1. The molecule has 0 radical (unpaired) electrons. The molecular weight excluding hydrogens is 171 g/mol. The number of methoxy groups -OCH3 is 1. The summed E-state index contributed by atoms with van der Waals surface area (Å²) in [6, 6.07) is 4.71. The Labute approximate surface area is 77.0 Å². The van der Waals surface area contributed by atoms with E-state index < -0.39 is 0 Å². The minimum atomic E-state index is -0.389. The number of benzene rings is 1. The summed E-state index contributed by atoms with van der Waals surface area (Å²) in [7, 11) is 1.42. The van der Waals surface area contributed by atoms with E-state index >= 15 is 0 Å². The van der Waals surface area contributed by atoms with Gasteiger partial charge in [0, 0.05) is 12.5 Å². The molecule has 0 aliphatic heterocycles. The maximum absolute atomic E-state index is 13.1. The number of hydrogen-bond acceptors (Lipinski definition) is 2. The standard InChI is InChI=1S/C10H13FO2/c1-7(6-12)8-3-4-10(13-2)9(11)5-8/h3-5,7,12H,6H2,1-2H3/t7-/m1/s1. The van der Waals surface area contributed by atoms with E-state index in [1.807, 2.05) is 6.92 Å². The van der Waals surface area contributed by atoms with E-state index in [0.717, 1.165) is 5.56 Å². The number of hydrogen-bond donors (Lipinski definition) is 1. The lowest BCUT2D eigenvalue weighted by Gasteiger charge is -2.09. The fraction of sp³-hybridized carbons (Fsp3) is 0.400. The Balaban J connectivity index is 2.95. The lowest BCUT2D eigenvalue weighted by atomic mass is 10.0. The van der Waals surface area contributed by atoms with Gasteiger partial charge in [0.25, 0.3) is 0 Å². The third kappa shape index (κ3) is 2.18. The number of rotatable bonds is 3. The highest BCUT2D eigenvalue weighted by molar-refractivity contribution is 5.30. The predicted molar refractivity (Wildman–Crippen MR) is 48.5 cm³/mol. The van der Waals surface area contributed by atoms with E-state index in [1.165, 1.54) is 13.2 Å². The molecular formula is C10H13FO2. The molecule has 3 heteroatoms. The topological polar surface area (TPSA) is 29.5 Å². The van der Waals surface area contributed by atoms with Gasteiger partial charge in [0.1, 0.15) is 0 Å². The van der Waals surface area contributed by atoms with Crippen LogP contribution in [0, 0.1) is 5.82 Å². The van der Waals surface area contributed by atoms with Crippen molar-refractivity contribution in [3.63, 3.8) is 0 Å². The molecule has 72 valence electrons. The van der Waals surface area contributed by atoms with Gasteiger partial charge >= 0.3 is 0 Å². The molecule has 0 aliphatic carbocycles. The average Bonchev–Trinajstić information content (AvgIpc) is 2.16. The van der Waals surface area contributed by atoms with Crippen LogP contribution in [-0.2, 0) is 0 Å². The third-order valence-corrected chi connectivity index (χ3v) is 2.02. The molecule has 0 unspecified atom stereocenters. The van der Waals surface area contributed by atoms with E-state index in [4.69, 9.17) is 9.84 Å². The van der Waals surface area contributed by atoms with E-state index in [2.05, 4.69) is 0 Å². The Morgan fingerprint density at radius 3 is 2.69 bits per heavy atom. The monoisotopic (exact) mass is 184 g/mol. The molecule has 0 spiro atoms. The molecule has 0 heterocycles. The molecule has 0 amide bonds. The Morgan fingerprint density at radius 1 is 1.54 bits per heavy atom. The summed E-state index contributed by atoms with van der Waals surface area (Å²) < 4.78 is 17.9. The highest BCUT2D eigenvalue weighted by Gasteiger charge is 2.07. The molecule has 1 N–H and O–H groups in total. The molecule has 13 heavy (non-hydrogen) atoms. The van der Waals surface area contributed by atoms with E-state index in [1.54, 1.807) is 12.1 Å². The maximum Gasteiger partial charge on any atom is 0.165 e. The summed E-state index contributed by atoms with van der Waals surface area (Å²) in [6.07, 6.45) is 0. The first-order valence-electron chi connectivity index (χ1n) is 4.13. The van der Waals surface area contributed by atoms with Gasteiger partial charge in [0.05, 0.1) is 7.11 Å². The van der Waals surface area contributed by atoms with Gasteiger partial charge < -0.3 is 9.84 Å². The molecule has 2 nitrogen and oxygen atoms in total. The summed E-state index contributed by atoms with van der Waals surface area (Å²) in [6.45, 7) is 1.85. The van der Waals surface area contributed by atoms with Gasteiger partial charge in [-0.1, -0.05) is 13.0 Å². The molecule has 1 aromatic carbocycles. The molecule has 1 aromatic rings. The van der Waals surface area contributed by atoms with Gasteiger partial charge in [-0.3, -0.25) is 0 Å². The van der Waals surface area contributed by atoms with Crippen LogP contribution in [0.4, 0.5) is 4.39 Å². The molecule has 0 aromatic heterocycles. The zero-order valence-corrected chi connectivity index (χ0v) is 7.75. The van der Waals surface area contributed by atoms with Crippen LogP contribution in [0.15, 0.2) is 18.2 Å². The van der Waals surface area contributed by atoms with Crippen molar-refractivity contribution in [2.75, 3.05) is 13.7 Å². The fourth-order valence-electron chi connectivity index (χ4n) is 1.09. The van der Waals surface area contributed by atoms with Gasteiger partial charge in [-0.2, -0.15) is 0 Å². The van der Waals surface area contributed by atoms with Crippen LogP contribution in [-0.4, -0.2) is 18.8 Å². The number of aliphatic hydroxyl groups excluding tert-OH is 1. The Morgan fingerprint density at radius 2 is 2.23 bits per heavy atom. The normalized spacial score (nSPS) is 12.6. The quantitative estimate of drug-likeness (QED) is 0.777.